The van der Waals surface area contributed by atoms with Crippen LogP contribution >= 0.6 is 0 Å². The van der Waals surface area contributed by atoms with Gasteiger partial charge in [0.25, 0.3) is 0 Å². The molecule has 14 heavy (non-hydrogen) atoms. The molecule has 84 valence electrons. The lowest BCUT2D eigenvalue weighted by atomic mass is 10.2. The quantitative estimate of drug-likeness (QED) is 0.531. The van der Waals surface area contributed by atoms with Crippen molar-refractivity contribution in [3.63, 3.8) is 0 Å². The third kappa shape index (κ3) is 6.89. The molecule has 0 amide bonds. The molecule has 0 spiro atoms. The highest BCUT2D eigenvalue weighted by Gasteiger charge is 2.05. The minimum absolute atomic E-state index is 0.483. The molecule has 0 rings (SSSR count). The van der Waals surface area contributed by atoms with Crippen LogP contribution in [0.3, 0.4) is 0 Å². The Labute approximate surface area is 86.5 Å². The number of carboxylic acid groups (broad SMARTS) is 1. The van der Waals surface area contributed by atoms with Crippen LogP contribution in [0, 0.1) is 0 Å². The molecule has 0 aliphatic rings. The second-order valence-electron chi connectivity index (χ2n) is 3.50. The molecule has 0 aliphatic heterocycles. The summed E-state index contributed by atoms with van der Waals surface area (Å²) in [5, 5.41) is 10.5. The van der Waals surface area contributed by atoms with Crippen LogP contribution in [0.4, 0.5) is 0 Å². The van der Waals surface area contributed by atoms with Crippen LogP contribution in [0.5, 0.6) is 0 Å². The number of carbonyl (C=O) groups is 1. The van der Waals surface area contributed by atoms with Crippen LogP contribution in [0.15, 0.2) is 0 Å². The summed E-state index contributed by atoms with van der Waals surface area (Å²) in [6.07, 6.45) is 5.51. The second-order valence-corrected chi connectivity index (χ2v) is 3.50. The lowest BCUT2D eigenvalue weighted by Gasteiger charge is -2.16. The van der Waals surface area contributed by atoms with Crippen molar-refractivity contribution in [1.29, 1.82) is 0 Å². The maximum atomic E-state index is 10.5. The van der Waals surface area contributed by atoms with Crippen molar-refractivity contribution in [2.24, 2.45) is 0 Å². The van der Waals surface area contributed by atoms with Crippen LogP contribution in [-0.4, -0.2) is 18.7 Å². The van der Waals surface area contributed by atoms with Crippen molar-refractivity contribution in [3.8, 4) is 0 Å². The zero-order valence-corrected chi connectivity index (χ0v) is 9.25. The number of hydrogen-bond donors (Lipinski definition) is 0. The summed E-state index contributed by atoms with van der Waals surface area (Å²) in [5.74, 6) is -1.10. The Bertz CT molecular complexity index is 145. The average molecular weight is 201 g/mol. The van der Waals surface area contributed by atoms with Gasteiger partial charge in [0, 0.05) is 6.61 Å². The number of carboxylic acids is 1. The molecule has 0 radical (unpaired) electrons. The summed E-state index contributed by atoms with van der Waals surface area (Å²) in [5.41, 5.74) is 0. The Balaban J connectivity index is 3.29. The van der Waals surface area contributed by atoms with Gasteiger partial charge in [-0.25, -0.2) is 0 Å². The maximum absolute atomic E-state index is 10.5. The predicted molar refractivity (Wildman–Crippen MR) is 53.8 cm³/mol. The van der Waals surface area contributed by atoms with E-state index in [0.717, 1.165) is 12.8 Å². The highest BCUT2D eigenvalue weighted by Crippen LogP contribution is 2.04. The normalized spacial score (nSPS) is 12.7. The van der Waals surface area contributed by atoms with Crippen molar-refractivity contribution < 1.29 is 14.6 Å². The molecule has 0 aliphatic carbocycles. The van der Waals surface area contributed by atoms with Crippen LogP contribution in [0.2, 0.25) is 0 Å². The van der Waals surface area contributed by atoms with Gasteiger partial charge >= 0.3 is 0 Å². The number of rotatable bonds is 9. The van der Waals surface area contributed by atoms with Crippen molar-refractivity contribution in [1.82, 2.24) is 0 Å². The number of ether oxygens (including phenoxy) is 1. The van der Waals surface area contributed by atoms with E-state index in [-0.39, 0.29) is 0 Å². The first-order valence-corrected chi connectivity index (χ1v) is 5.54. The van der Waals surface area contributed by atoms with E-state index in [0.29, 0.717) is 13.0 Å². The van der Waals surface area contributed by atoms with Gasteiger partial charge in [-0.1, -0.05) is 39.5 Å². The smallest absolute Gasteiger partial charge is 0.0965 e. The first-order valence-electron chi connectivity index (χ1n) is 5.54. The standard InChI is InChI=1S/C11H22O3/c1-3-5-6-7-8-9-14-10(4-2)11(12)13/h10H,3-9H2,1-2H3,(H,12,13)/p-1. The fourth-order valence-corrected chi connectivity index (χ4v) is 1.28. The van der Waals surface area contributed by atoms with Crippen molar-refractivity contribution in [2.45, 2.75) is 58.5 Å². The lowest BCUT2D eigenvalue weighted by molar-refractivity contribution is -0.317. The molecule has 0 saturated carbocycles. The molecule has 0 saturated heterocycles. The Morgan fingerprint density at radius 2 is 1.86 bits per heavy atom. The van der Waals surface area contributed by atoms with E-state index in [4.69, 9.17) is 4.74 Å². The van der Waals surface area contributed by atoms with E-state index in [2.05, 4.69) is 6.92 Å². The first-order chi connectivity index (χ1) is 6.72. The zero-order chi connectivity index (χ0) is 10.8. The third-order valence-electron chi connectivity index (χ3n) is 2.20. The van der Waals surface area contributed by atoms with Crippen molar-refractivity contribution >= 4 is 5.97 Å². The van der Waals surface area contributed by atoms with Gasteiger partial charge in [0.05, 0.1) is 12.1 Å². The van der Waals surface area contributed by atoms with Crippen LogP contribution in [0.25, 0.3) is 0 Å². The fraction of sp³-hybridized carbons (Fsp3) is 0.909. The first kappa shape index (κ1) is 13.4. The molecule has 0 bridgehead atoms. The Morgan fingerprint density at radius 1 is 1.21 bits per heavy atom. The molecule has 1 atom stereocenters. The number of aliphatic carboxylic acids is 1. The number of hydrogen-bond acceptors (Lipinski definition) is 3. The highest BCUT2D eigenvalue weighted by molar-refractivity contribution is 5.69. The van der Waals surface area contributed by atoms with E-state index in [1.165, 1.54) is 19.3 Å². The molecule has 0 aromatic heterocycles. The summed E-state index contributed by atoms with van der Waals surface area (Å²) in [4.78, 5) is 10.5. The molecule has 3 nitrogen and oxygen atoms in total. The van der Waals surface area contributed by atoms with E-state index < -0.39 is 12.1 Å². The van der Waals surface area contributed by atoms with E-state index in [1.54, 1.807) is 6.92 Å². The molecular formula is C11H21O3-. The van der Waals surface area contributed by atoms with Gasteiger partial charge in [-0.05, 0) is 12.8 Å². The molecule has 0 aromatic rings. The largest absolute Gasteiger partial charge is 0.547 e. The van der Waals surface area contributed by atoms with E-state index in [9.17, 15) is 9.90 Å². The Morgan fingerprint density at radius 3 is 2.36 bits per heavy atom. The van der Waals surface area contributed by atoms with E-state index >= 15 is 0 Å². The topological polar surface area (TPSA) is 49.4 Å². The van der Waals surface area contributed by atoms with Crippen molar-refractivity contribution in [2.75, 3.05) is 6.61 Å². The Hall–Kier alpha value is -0.570. The van der Waals surface area contributed by atoms with Gasteiger partial charge in [-0.15, -0.1) is 0 Å². The number of unbranched alkanes of at least 4 members (excludes halogenated alkanes) is 4. The van der Waals surface area contributed by atoms with Crippen LogP contribution < -0.4 is 5.11 Å². The number of carbonyl (C=O) groups excluding carboxylic acids is 1. The zero-order valence-electron chi connectivity index (χ0n) is 9.25. The van der Waals surface area contributed by atoms with Gasteiger partial charge in [0.2, 0.25) is 0 Å². The summed E-state index contributed by atoms with van der Waals surface area (Å²) < 4.78 is 5.17. The lowest BCUT2D eigenvalue weighted by Crippen LogP contribution is -2.37. The molecular weight excluding hydrogens is 180 g/mol. The minimum atomic E-state index is -1.10. The third-order valence-corrected chi connectivity index (χ3v) is 2.20. The minimum Gasteiger partial charge on any atom is -0.547 e. The molecule has 3 heteroatoms. The van der Waals surface area contributed by atoms with Gasteiger partial charge in [-0.3, -0.25) is 0 Å². The molecule has 0 N–H and O–H groups in total. The highest BCUT2D eigenvalue weighted by atomic mass is 16.5. The maximum Gasteiger partial charge on any atom is 0.0965 e. The average Bonchev–Trinajstić information content (AvgIpc) is 2.16. The van der Waals surface area contributed by atoms with Gasteiger partial charge < -0.3 is 14.6 Å². The van der Waals surface area contributed by atoms with Crippen LogP contribution in [-0.2, 0) is 9.53 Å². The summed E-state index contributed by atoms with van der Waals surface area (Å²) in [6.45, 7) is 4.49. The van der Waals surface area contributed by atoms with Crippen LogP contribution in [0.1, 0.15) is 52.4 Å². The molecule has 0 fully saturated rings. The molecule has 0 aromatic carbocycles. The van der Waals surface area contributed by atoms with Gasteiger partial charge in [-0.2, -0.15) is 0 Å². The summed E-state index contributed by atoms with van der Waals surface area (Å²) in [6, 6.07) is 0. The van der Waals surface area contributed by atoms with Gasteiger partial charge in [0.1, 0.15) is 0 Å². The second kappa shape index (κ2) is 9.00. The molecule has 1 unspecified atom stereocenters. The predicted octanol–water partition coefficient (Wildman–Crippen LogP) is 1.50. The fourth-order valence-electron chi connectivity index (χ4n) is 1.28. The molecule has 0 heterocycles. The van der Waals surface area contributed by atoms with Crippen molar-refractivity contribution in [3.05, 3.63) is 0 Å². The SMILES string of the molecule is CCCCCCCOC(CC)C(=O)[O-]. The van der Waals surface area contributed by atoms with E-state index in [1.807, 2.05) is 0 Å². The summed E-state index contributed by atoms with van der Waals surface area (Å²) >= 11 is 0. The monoisotopic (exact) mass is 201 g/mol. The summed E-state index contributed by atoms with van der Waals surface area (Å²) in [7, 11) is 0. The Kier molecular flexibility index (Phi) is 8.64. The van der Waals surface area contributed by atoms with Gasteiger partial charge in [0.15, 0.2) is 0 Å².